The van der Waals surface area contributed by atoms with Gasteiger partial charge in [-0.15, -0.1) is 0 Å². The summed E-state index contributed by atoms with van der Waals surface area (Å²) in [6.45, 7) is 4.77. The Morgan fingerprint density at radius 3 is 2.72 bits per heavy atom. The first-order chi connectivity index (χ1) is 14.2. The molecule has 0 saturated carbocycles. The largest absolute Gasteiger partial charge is 0.494 e. The average molecular weight is 411 g/mol. The minimum Gasteiger partial charge on any atom is -0.494 e. The second-order valence-electron chi connectivity index (χ2n) is 6.66. The van der Waals surface area contributed by atoms with Crippen molar-refractivity contribution in [1.82, 2.24) is 15.4 Å². The zero-order chi connectivity index (χ0) is 20.5. The number of benzene rings is 2. The smallest absolute Gasteiger partial charge is 0.250 e. The van der Waals surface area contributed by atoms with E-state index in [-0.39, 0.29) is 11.7 Å². The fourth-order valence-corrected chi connectivity index (χ4v) is 3.39. The van der Waals surface area contributed by atoms with Crippen LogP contribution in [-0.2, 0) is 4.79 Å². The number of H-pyrrole nitrogens is 1. The highest BCUT2D eigenvalue weighted by Crippen LogP contribution is 2.19. The second-order valence-corrected chi connectivity index (χ2v) is 7.62. The van der Waals surface area contributed by atoms with Crippen LogP contribution in [0, 0.1) is 0 Å². The Hall–Kier alpha value is -2.80. The molecule has 0 aliphatic heterocycles. The maximum atomic E-state index is 12.1. The number of aromatic amines is 1. The van der Waals surface area contributed by atoms with E-state index >= 15 is 0 Å². The molecule has 2 N–H and O–H groups in total. The number of fused-ring (bicyclic) bond motifs is 1. The van der Waals surface area contributed by atoms with E-state index < -0.39 is 0 Å². The first kappa shape index (κ1) is 20.9. The number of thioether (sulfide) groups is 1. The minimum absolute atomic E-state index is 0.175. The van der Waals surface area contributed by atoms with Gasteiger partial charge in [0.15, 0.2) is 5.16 Å². The van der Waals surface area contributed by atoms with Crippen LogP contribution >= 0.6 is 11.8 Å². The van der Waals surface area contributed by atoms with Crippen LogP contribution in [0.4, 0.5) is 0 Å². The third kappa shape index (κ3) is 6.35. The van der Waals surface area contributed by atoms with Gasteiger partial charge in [0.2, 0.25) is 0 Å². The van der Waals surface area contributed by atoms with Gasteiger partial charge in [0.05, 0.1) is 29.1 Å². The zero-order valence-electron chi connectivity index (χ0n) is 16.8. The van der Waals surface area contributed by atoms with E-state index in [0.717, 1.165) is 46.2 Å². The number of hydrogen-bond acceptors (Lipinski definition) is 5. The molecule has 3 rings (SSSR count). The van der Waals surface area contributed by atoms with E-state index in [0.29, 0.717) is 0 Å². The second kappa shape index (κ2) is 10.7. The third-order valence-electron chi connectivity index (χ3n) is 4.34. The molecule has 0 atom stereocenters. The molecule has 2 aromatic carbocycles. The van der Waals surface area contributed by atoms with Crippen molar-refractivity contribution < 1.29 is 9.53 Å². The summed E-state index contributed by atoms with van der Waals surface area (Å²) < 4.78 is 5.72. The predicted molar refractivity (Wildman–Crippen MR) is 119 cm³/mol. The summed E-state index contributed by atoms with van der Waals surface area (Å²) in [5.74, 6) is 0.913. The monoisotopic (exact) mass is 410 g/mol. The van der Waals surface area contributed by atoms with Gasteiger partial charge in [-0.3, -0.25) is 4.79 Å². The Morgan fingerprint density at radius 2 is 1.97 bits per heavy atom. The van der Waals surface area contributed by atoms with Crippen LogP contribution in [0.5, 0.6) is 5.75 Å². The van der Waals surface area contributed by atoms with Gasteiger partial charge in [-0.2, -0.15) is 5.10 Å². The van der Waals surface area contributed by atoms with Crippen molar-refractivity contribution in [3.63, 3.8) is 0 Å². The summed E-state index contributed by atoms with van der Waals surface area (Å²) in [5.41, 5.74) is 6.14. The average Bonchev–Trinajstić information content (AvgIpc) is 3.17. The number of nitrogens with one attached hydrogen (secondary N) is 2. The van der Waals surface area contributed by atoms with Gasteiger partial charge in [-0.25, -0.2) is 10.4 Å². The van der Waals surface area contributed by atoms with E-state index in [9.17, 15) is 4.79 Å². The molecule has 1 heterocycles. The van der Waals surface area contributed by atoms with Crippen molar-refractivity contribution in [2.75, 3.05) is 12.4 Å². The first-order valence-electron chi connectivity index (χ1n) is 9.79. The molecule has 7 heteroatoms. The number of hydrazone groups is 1. The van der Waals surface area contributed by atoms with Crippen LogP contribution in [-0.4, -0.2) is 33.9 Å². The number of imidazole rings is 1. The van der Waals surface area contributed by atoms with Gasteiger partial charge in [0, 0.05) is 0 Å². The molecule has 0 spiro atoms. The number of nitrogens with zero attached hydrogens (tertiary/aromatic N) is 2. The fraction of sp³-hybridized carbons (Fsp3) is 0.318. The number of unbranched alkanes of at least 4 members (excludes halogenated alkanes) is 2. The number of para-hydroxylation sites is 2. The third-order valence-corrected chi connectivity index (χ3v) is 5.22. The van der Waals surface area contributed by atoms with Gasteiger partial charge in [-0.05, 0) is 55.3 Å². The Labute approximate surface area is 175 Å². The van der Waals surface area contributed by atoms with E-state index in [1.807, 2.05) is 55.5 Å². The fourth-order valence-electron chi connectivity index (χ4n) is 2.71. The maximum Gasteiger partial charge on any atom is 0.250 e. The molecule has 0 aliphatic rings. The lowest BCUT2D eigenvalue weighted by molar-refractivity contribution is -0.118. The highest BCUT2D eigenvalue weighted by molar-refractivity contribution is 7.99. The summed E-state index contributed by atoms with van der Waals surface area (Å²) in [7, 11) is 0. The molecule has 0 radical (unpaired) electrons. The number of aromatic nitrogens is 2. The van der Waals surface area contributed by atoms with E-state index in [1.54, 1.807) is 0 Å². The Morgan fingerprint density at radius 1 is 1.17 bits per heavy atom. The van der Waals surface area contributed by atoms with Crippen molar-refractivity contribution in [3.8, 4) is 5.75 Å². The van der Waals surface area contributed by atoms with E-state index in [4.69, 9.17) is 4.74 Å². The molecule has 0 fully saturated rings. The topological polar surface area (TPSA) is 79.4 Å². The summed E-state index contributed by atoms with van der Waals surface area (Å²) in [6.07, 6.45) is 3.43. The number of amides is 1. The molecule has 1 aromatic heterocycles. The Bertz CT molecular complexity index is 933. The number of carbonyl (C=O) groups is 1. The van der Waals surface area contributed by atoms with Crippen LogP contribution in [0.2, 0.25) is 0 Å². The normalized spacial score (nSPS) is 11.6. The lowest BCUT2D eigenvalue weighted by Crippen LogP contribution is -2.21. The molecular weight excluding hydrogens is 384 g/mol. The molecule has 0 saturated heterocycles. The highest BCUT2D eigenvalue weighted by atomic mass is 32.2. The Kier molecular flexibility index (Phi) is 7.69. The number of ether oxygens (including phenoxy) is 1. The van der Waals surface area contributed by atoms with Crippen molar-refractivity contribution >= 4 is 34.4 Å². The van der Waals surface area contributed by atoms with Gasteiger partial charge in [0.1, 0.15) is 5.75 Å². The zero-order valence-corrected chi connectivity index (χ0v) is 17.6. The van der Waals surface area contributed by atoms with Crippen LogP contribution in [0.15, 0.2) is 58.8 Å². The molecular formula is C22H26N4O2S. The van der Waals surface area contributed by atoms with Crippen molar-refractivity contribution in [2.45, 2.75) is 38.3 Å². The molecule has 3 aromatic rings. The van der Waals surface area contributed by atoms with Crippen LogP contribution in [0.25, 0.3) is 11.0 Å². The molecule has 0 bridgehead atoms. The predicted octanol–water partition coefficient (Wildman–Crippen LogP) is 4.76. The minimum atomic E-state index is -0.175. The first-order valence-corrected chi connectivity index (χ1v) is 10.8. The molecule has 0 unspecified atom stereocenters. The van der Waals surface area contributed by atoms with E-state index in [2.05, 4.69) is 27.4 Å². The number of hydrogen-bond donors (Lipinski definition) is 2. The summed E-state index contributed by atoms with van der Waals surface area (Å²) >= 11 is 1.35. The summed E-state index contributed by atoms with van der Waals surface area (Å²) in [4.78, 5) is 19.7. The van der Waals surface area contributed by atoms with Gasteiger partial charge in [-0.1, -0.05) is 43.7 Å². The molecule has 29 heavy (non-hydrogen) atoms. The summed E-state index contributed by atoms with van der Waals surface area (Å²) in [6, 6.07) is 15.5. The quantitative estimate of drug-likeness (QED) is 0.218. The van der Waals surface area contributed by atoms with Crippen molar-refractivity contribution in [3.05, 3.63) is 54.1 Å². The van der Waals surface area contributed by atoms with Crippen molar-refractivity contribution in [2.24, 2.45) is 5.10 Å². The lowest BCUT2D eigenvalue weighted by Gasteiger charge is -2.07. The van der Waals surface area contributed by atoms with Crippen LogP contribution < -0.4 is 10.2 Å². The molecule has 152 valence electrons. The number of rotatable bonds is 10. The molecule has 1 amide bonds. The van der Waals surface area contributed by atoms with Crippen LogP contribution in [0.3, 0.4) is 0 Å². The standard InChI is InChI=1S/C22H26N4O2S/c1-3-4-7-14-28-18-12-10-17(11-13-18)16(2)25-26-21(27)15-29-22-23-19-8-5-6-9-20(19)24-22/h5-6,8-13H,3-4,7,14-15H2,1-2H3,(H,23,24)(H,26,27)/b25-16-. The Balaban J connectivity index is 1.46. The number of carbonyl (C=O) groups excluding carboxylic acids is 1. The van der Waals surface area contributed by atoms with Crippen LogP contribution in [0.1, 0.15) is 38.7 Å². The van der Waals surface area contributed by atoms with Gasteiger partial charge in [0.25, 0.3) is 5.91 Å². The molecule has 0 aliphatic carbocycles. The van der Waals surface area contributed by atoms with Gasteiger partial charge < -0.3 is 9.72 Å². The lowest BCUT2D eigenvalue weighted by atomic mass is 10.1. The van der Waals surface area contributed by atoms with Gasteiger partial charge >= 0.3 is 0 Å². The highest BCUT2D eigenvalue weighted by Gasteiger charge is 2.07. The molecule has 6 nitrogen and oxygen atoms in total. The summed E-state index contributed by atoms with van der Waals surface area (Å²) in [5, 5.41) is 4.92. The van der Waals surface area contributed by atoms with Crippen molar-refractivity contribution in [1.29, 1.82) is 0 Å². The SMILES string of the molecule is CCCCCOc1ccc(/C(C)=N\NC(=O)CSc2nc3ccccc3[nH]2)cc1. The maximum absolute atomic E-state index is 12.1. The van der Waals surface area contributed by atoms with E-state index in [1.165, 1.54) is 24.6 Å².